The van der Waals surface area contributed by atoms with Crippen molar-refractivity contribution in [3.05, 3.63) is 42.5 Å². The summed E-state index contributed by atoms with van der Waals surface area (Å²) < 4.78 is 10.7. The number of H-pyrrole nitrogens is 1. The van der Waals surface area contributed by atoms with Crippen molar-refractivity contribution in [2.45, 2.75) is 0 Å². The number of nitrogens with zero attached hydrogens (tertiary/aromatic N) is 3. The summed E-state index contributed by atoms with van der Waals surface area (Å²) in [5, 5.41) is 1.91. The van der Waals surface area contributed by atoms with Gasteiger partial charge in [0, 0.05) is 24.9 Å². The van der Waals surface area contributed by atoms with Gasteiger partial charge in [0.1, 0.15) is 17.2 Å². The Kier molecular flexibility index (Phi) is 4.23. The molecule has 0 radical (unpaired) electrons. The lowest BCUT2D eigenvalue weighted by Crippen LogP contribution is -2.16. The average molecular weight is 377 g/mol. The van der Waals surface area contributed by atoms with Gasteiger partial charge in [-0.15, -0.1) is 0 Å². The highest BCUT2D eigenvalue weighted by Crippen LogP contribution is 2.39. The minimum atomic E-state index is -0.892. The van der Waals surface area contributed by atoms with Crippen molar-refractivity contribution in [2.24, 2.45) is 5.73 Å². The number of ether oxygens (including phenoxy) is 2. The molecular weight excluding hydrogens is 358 g/mol. The third-order valence-electron chi connectivity index (χ3n) is 4.40. The molecule has 0 spiro atoms. The van der Waals surface area contributed by atoms with Crippen molar-refractivity contribution in [1.82, 2.24) is 15.0 Å². The molecule has 142 valence electrons. The number of anilines is 1. The van der Waals surface area contributed by atoms with Gasteiger partial charge in [-0.05, 0) is 12.1 Å². The molecule has 0 saturated carbocycles. The minimum absolute atomic E-state index is 0.286. The van der Waals surface area contributed by atoms with Crippen LogP contribution in [0.3, 0.4) is 0 Å². The number of primary amides is 1. The normalized spacial score (nSPS) is 11.0. The molecule has 28 heavy (non-hydrogen) atoms. The predicted octanol–water partition coefficient (Wildman–Crippen LogP) is 3.31. The number of benzene rings is 2. The first kappa shape index (κ1) is 17.6. The largest absolute Gasteiger partial charge is 0.480 e. The van der Waals surface area contributed by atoms with E-state index in [1.54, 1.807) is 19.2 Å². The number of hydrogen-bond donors (Lipinski definition) is 2. The van der Waals surface area contributed by atoms with Gasteiger partial charge in [0.05, 0.1) is 18.2 Å². The van der Waals surface area contributed by atoms with Gasteiger partial charge in [-0.25, -0.2) is 9.78 Å². The zero-order valence-corrected chi connectivity index (χ0v) is 15.7. The molecule has 0 fully saturated rings. The number of aromatic nitrogens is 3. The number of carbonyl (C=O) groups is 1. The van der Waals surface area contributed by atoms with Gasteiger partial charge < -0.3 is 25.1 Å². The molecule has 8 nitrogen and oxygen atoms in total. The van der Waals surface area contributed by atoms with Crippen LogP contribution < -0.4 is 20.1 Å². The van der Waals surface area contributed by atoms with E-state index in [2.05, 4.69) is 15.0 Å². The van der Waals surface area contributed by atoms with Gasteiger partial charge >= 0.3 is 6.09 Å². The Balaban J connectivity index is 2.02. The van der Waals surface area contributed by atoms with E-state index in [1.165, 1.54) is 0 Å². The second-order valence-electron chi connectivity index (χ2n) is 6.42. The van der Waals surface area contributed by atoms with Crippen LogP contribution in [0.4, 0.5) is 10.6 Å². The summed E-state index contributed by atoms with van der Waals surface area (Å²) in [6, 6.07) is 13.2. The second-order valence-corrected chi connectivity index (χ2v) is 6.42. The van der Waals surface area contributed by atoms with Crippen molar-refractivity contribution in [1.29, 1.82) is 0 Å². The van der Waals surface area contributed by atoms with Crippen molar-refractivity contribution in [2.75, 3.05) is 26.1 Å². The van der Waals surface area contributed by atoms with Gasteiger partial charge in [0.2, 0.25) is 5.88 Å². The van der Waals surface area contributed by atoms with Crippen molar-refractivity contribution in [3.63, 3.8) is 0 Å². The van der Waals surface area contributed by atoms with Gasteiger partial charge in [-0.3, -0.25) is 0 Å². The molecular formula is C20H19N5O3. The highest BCUT2D eigenvalue weighted by molar-refractivity contribution is 6.04. The van der Waals surface area contributed by atoms with Crippen molar-refractivity contribution < 1.29 is 14.3 Å². The maximum Gasteiger partial charge on any atom is 0.410 e. The molecule has 0 atom stereocenters. The number of pyridine rings is 1. The summed E-state index contributed by atoms with van der Waals surface area (Å²) in [6.07, 6.45) is -0.892. The van der Waals surface area contributed by atoms with E-state index in [-0.39, 0.29) is 5.75 Å². The Morgan fingerprint density at radius 1 is 1.07 bits per heavy atom. The van der Waals surface area contributed by atoms with Gasteiger partial charge in [-0.2, -0.15) is 4.98 Å². The highest BCUT2D eigenvalue weighted by Gasteiger charge is 2.21. The molecule has 4 aromatic rings. The molecule has 1 amide bonds. The number of rotatable bonds is 4. The maximum absolute atomic E-state index is 11.2. The molecule has 2 heterocycles. The summed E-state index contributed by atoms with van der Waals surface area (Å²) >= 11 is 0. The van der Waals surface area contributed by atoms with E-state index < -0.39 is 6.09 Å². The molecule has 3 N–H and O–H groups in total. The fourth-order valence-corrected chi connectivity index (χ4v) is 3.26. The molecule has 0 bridgehead atoms. The highest BCUT2D eigenvalue weighted by atomic mass is 16.5. The first-order valence-electron chi connectivity index (χ1n) is 8.60. The van der Waals surface area contributed by atoms with Crippen molar-refractivity contribution in [3.8, 4) is 23.0 Å². The first-order valence-corrected chi connectivity index (χ1v) is 8.60. The summed E-state index contributed by atoms with van der Waals surface area (Å²) in [6.45, 7) is 0. The lowest BCUT2D eigenvalue weighted by molar-refractivity contribution is 0.211. The van der Waals surface area contributed by atoms with E-state index in [0.29, 0.717) is 22.7 Å². The van der Waals surface area contributed by atoms with E-state index >= 15 is 0 Å². The molecule has 2 aromatic carbocycles. The number of aromatic amines is 1. The van der Waals surface area contributed by atoms with Crippen LogP contribution in [0.5, 0.6) is 11.6 Å². The van der Waals surface area contributed by atoms with Crippen LogP contribution in [0.2, 0.25) is 0 Å². The number of nitrogens with one attached hydrogen (secondary N) is 1. The number of methoxy groups -OCH3 is 1. The molecule has 8 heteroatoms. The molecule has 2 aromatic heterocycles. The van der Waals surface area contributed by atoms with Gasteiger partial charge in [0.15, 0.2) is 5.75 Å². The number of amides is 1. The minimum Gasteiger partial charge on any atom is -0.480 e. The van der Waals surface area contributed by atoms with Gasteiger partial charge in [0.25, 0.3) is 0 Å². The monoisotopic (exact) mass is 377 g/mol. The standard InChI is InChI=1S/C20H19N5O3/c1-25(2)18-12-8-5-4-7-11(12)15(19(24-18)27-3)17-22-13-9-6-10-14(16(13)23-17)28-20(21)26/h4-10H,1-3H3,(H2,21,26)(H,22,23). The molecule has 0 aliphatic rings. The third kappa shape index (κ3) is 2.84. The number of hydrogen-bond acceptors (Lipinski definition) is 6. The summed E-state index contributed by atoms with van der Waals surface area (Å²) in [5.41, 5.74) is 7.10. The van der Waals surface area contributed by atoms with Crippen LogP contribution in [-0.4, -0.2) is 42.3 Å². The summed E-state index contributed by atoms with van der Waals surface area (Å²) in [4.78, 5) is 25.7. The Labute approximate surface area is 160 Å². The zero-order valence-electron chi connectivity index (χ0n) is 15.7. The number of nitrogens with two attached hydrogens (primary N) is 1. The smallest absolute Gasteiger partial charge is 0.410 e. The Morgan fingerprint density at radius 2 is 1.82 bits per heavy atom. The Bertz CT molecular complexity index is 1200. The van der Waals surface area contributed by atoms with E-state index in [0.717, 1.165) is 22.2 Å². The second kappa shape index (κ2) is 6.73. The van der Waals surface area contributed by atoms with Crippen LogP contribution in [0, 0.1) is 0 Å². The van der Waals surface area contributed by atoms with Gasteiger partial charge in [-0.1, -0.05) is 30.3 Å². The Morgan fingerprint density at radius 3 is 2.50 bits per heavy atom. The van der Waals surface area contributed by atoms with E-state index in [9.17, 15) is 4.79 Å². The SMILES string of the molecule is COc1nc(N(C)C)c2ccccc2c1-c1nc2c(OC(N)=O)cccc2[nH]1. The molecule has 0 unspecified atom stereocenters. The number of fused-ring (bicyclic) bond motifs is 2. The first-order chi connectivity index (χ1) is 13.5. The number of para-hydroxylation sites is 1. The van der Waals surface area contributed by atoms with Crippen LogP contribution in [0.15, 0.2) is 42.5 Å². The lowest BCUT2D eigenvalue weighted by Gasteiger charge is -2.18. The van der Waals surface area contributed by atoms with Crippen LogP contribution in [0.25, 0.3) is 33.2 Å². The van der Waals surface area contributed by atoms with Crippen LogP contribution in [-0.2, 0) is 0 Å². The van der Waals surface area contributed by atoms with E-state index in [4.69, 9.17) is 15.2 Å². The maximum atomic E-state index is 11.2. The third-order valence-corrected chi connectivity index (χ3v) is 4.40. The fraction of sp³-hybridized carbons (Fsp3) is 0.150. The van der Waals surface area contributed by atoms with E-state index in [1.807, 2.05) is 49.3 Å². The lowest BCUT2D eigenvalue weighted by atomic mass is 10.1. The van der Waals surface area contributed by atoms with Crippen LogP contribution in [0.1, 0.15) is 0 Å². The quantitative estimate of drug-likeness (QED) is 0.565. The fourth-order valence-electron chi connectivity index (χ4n) is 3.26. The van der Waals surface area contributed by atoms with Crippen molar-refractivity contribution >= 4 is 33.7 Å². The summed E-state index contributed by atoms with van der Waals surface area (Å²) in [7, 11) is 5.44. The Hall–Kier alpha value is -3.81. The zero-order chi connectivity index (χ0) is 19.8. The number of carbonyl (C=O) groups excluding carboxylic acids is 1. The molecule has 0 saturated heterocycles. The number of imidazole rings is 1. The molecule has 0 aliphatic heterocycles. The summed E-state index contributed by atoms with van der Waals surface area (Å²) in [5.74, 6) is 2.08. The van der Waals surface area contributed by atoms with Crippen LogP contribution >= 0.6 is 0 Å². The average Bonchev–Trinajstić information content (AvgIpc) is 3.10. The molecule has 4 rings (SSSR count). The molecule has 0 aliphatic carbocycles. The topological polar surface area (TPSA) is 106 Å². The predicted molar refractivity (Wildman–Crippen MR) is 108 cm³/mol.